The number of esters is 2. The third-order valence-corrected chi connectivity index (χ3v) is 3.57. The molecule has 1 rings (SSSR count). The molecule has 1 N–H and O–H groups in total. The van der Waals surface area contributed by atoms with Crippen LogP contribution in [0.2, 0.25) is 0 Å². The first kappa shape index (κ1) is 19.0. The summed E-state index contributed by atoms with van der Waals surface area (Å²) in [6, 6.07) is 0. The zero-order valence-corrected chi connectivity index (χ0v) is 13.5. The van der Waals surface area contributed by atoms with Crippen molar-refractivity contribution in [3.8, 4) is 0 Å². The molecule has 0 unspecified atom stereocenters. The molecular formula is C16H25NO6. The summed E-state index contributed by atoms with van der Waals surface area (Å²) in [5, 5.41) is 2.61. The zero-order valence-electron chi connectivity index (χ0n) is 13.5. The van der Waals surface area contributed by atoms with Crippen molar-refractivity contribution in [1.29, 1.82) is 0 Å². The Hall–Kier alpha value is -2.05. The van der Waals surface area contributed by atoms with Gasteiger partial charge in [0.05, 0.1) is 20.3 Å². The minimum atomic E-state index is -0.629. The van der Waals surface area contributed by atoms with Gasteiger partial charge < -0.3 is 19.5 Å². The van der Waals surface area contributed by atoms with E-state index in [9.17, 15) is 14.4 Å². The van der Waals surface area contributed by atoms with Crippen LogP contribution in [0.15, 0.2) is 12.2 Å². The van der Waals surface area contributed by atoms with Crippen molar-refractivity contribution >= 4 is 18.0 Å². The maximum atomic E-state index is 11.5. The van der Waals surface area contributed by atoms with Gasteiger partial charge in [-0.15, -0.1) is 0 Å². The maximum absolute atomic E-state index is 11.5. The highest BCUT2D eigenvalue weighted by atomic mass is 16.5. The quantitative estimate of drug-likeness (QED) is 0.317. The van der Waals surface area contributed by atoms with Gasteiger partial charge in [0.25, 0.3) is 0 Å². The van der Waals surface area contributed by atoms with Crippen molar-refractivity contribution in [2.75, 3.05) is 26.9 Å². The molecular weight excluding hydrogens is 302 g/mol. The number of hydrogen-bond acceptors (Lipinski definition) is 6. The summed E-state index contributed by atoms with van der Waals surface area (Å²) in [6.45, 7) is 0.976. The topological polar surface area (TPSA) is 90.9 Å². The van der Waals surface area contributed by atoms with Gasteiger partial charge in [-0.3, -0.25) is 0 Å². The fourth-order valence-corrected chi connectivity index (χ4v) is 2.29. The second kappa shape index (κ2) is 11.5. The molecule has 1 aliphatic rings. The average molecular weight is 327 g/mol. The van der Waals surface area contributed by atoms with Gasteiger partial charge in [0, 0.05) is 18.7 Å². The second-order valence-electron chi connectivity index (χ2n) is 5.41. The first-order valence-corrected chi connectivity index (χ1v) is 7.95. The number of ether oxygens (including phenoxy) is 3. The SMILES string of the molecule is COC(=O)/C=C/C(=O)OCCCNC(=O)OCC1CCCCC1. The summed E-state index contributed by atoms with van der Waals surface area (Å²) < 4.78 is 14.4. The van der Waals surface area contributed by atoms with E-state index in [0.29, 0.717) is 25.5 Å². The highest BCUT2D eigenvalue weighted by molar-refractivity contribution is 5.91. The van der Waals surface area contributed by atoms with Crippen LogP contribution in [-0.4, -0.2) is 44.9 Å². The van der Waals surface area contributed by atoms with Crippen LogP contribution in [0.1, 0.15) is 38.5 Å². The van der Waals surface area contributed by atoms with Crippen molar-refractivity contribution < 1.29 is 28.6 Å². The number of nitrogens with one attached hydrogen (secondary N) is 1. The van der Waals surface area contributed by atoms with E-state index in [2.05, 4.69) is 10.1 Å². The molecule has 0 aromatic carbocycles. The number of methoxy groups -OCH3 is 1. The number of hydrogen-bond donors (Lipinski definition) is 1. The van der Waals surface area contributed by atoms with Crippen molar-refractivity contribution in [3.05, 3.63) is 12.2 Å². The van der Waals surface area contributed by atoms with Crippen LogP contribution in [0.25, 0.3) is 0 Å². The largest absolute Gasteiger partial charge is 0.466 e. The molecule has 1 amide bonds. The Morgan fingerprint density at radius 1 is 1.04 bits per heavy atom. The summed E-state index contributed by atoms with van der Waals surface area (Å²) in [5.41, 5.74) is 0. The molecule has 0 aliphatic heterocycles. The van der Waals surface area contributed by atoms with E-state index >= 15 is 0 Å². The van der Waals surface area contributed by atoms with Crippen LogP contribution in [-0.2, 0) is 23.8 Å². The second-order valence-corrected chi connectivity index (χ2v) is 5.41. The lowest BCUT2D eigenvalue weighted by molar-refractivity contribution is -0.139. The number of carbonyl (C=O) groups excluding carboxylic acids is 3. The van der Waals surface area contributed by atoms with Crippen LogP contribution in [0, 0.1) is 5.92 Å². The highest BCUT2D eigenvalue weighted by Crippen LogP contribution is 2.23. The molecule has 130 valence electrons. The molecule has 0 heterocycles. The minimum Gasteiger partial charge on any atom is -0.466 e. The van der Waals surface area contributed by atoms with E-state index in [1.54, 1.807) is 0 Å². The predicted octanol–water partition coefficient (Wildman–Crippen LogP) is 1.96. The van der Waals surface area contributed by atoms with Crippen LogP contribution in [0.5, 0.6) is 0 Å². The molecule has 0 aromatic rings. The van der Waals surface area contributed by atoms with Gasteiger partial charge in [-0.05, 0) is 25.2 Å². The third-order valence-electron chi connectivity index (χ3n) is 3.57. The van der Waals surface area contributed by atoms with Crippen LogP contribution >= 0.6 is 0 Å². The normalized spacial score (nSPS) is 15.2. The summed E-state index contributed by atoms with van der Waals surface area (Å²) in [4.78, 5) is 33.5. The Balaban J connectivity index is 1.99. The van der Waals surface area contributed by atoms with Crippen LogP contribution in [0.4, 0.5) is 4.79 Å². The Kier molecular flexibility index (Phi) is 9.51. The smallest absolute Gasteiger partial charge is 0.407 e. The van der Waals surface area contributed by atoms with E-state index in [1.807, 2.05) is 0 Å². The van der Waals surface area contributed by atoms with Gasteiger partial charge in [0.1, 0.15) is 0 Å². The van der Waals surface area contributed by atoms with E-state index in [4.69, 9.17) is 9.47 Å². The first-order chi connectivity index (χ1) is 11.1. The van der Waals surface area contributed by atoms with Crippen molar-refractivity contribution in [3.63, 3.8) is 0 Å². The first-order valence-electron chi connectivity index (χ1n) is 7.95. The van der Waals surface area contributed by atoms with Gasteiger partial charge in [-0.1, -0.05) is 19.3 Å². The Bertz CT molecular complexity index is 415. The Morgan fingerprint density at radius 3 is 2.43 bits per heavy atom. The van der Waals surface area contributed by atoms with Crippen LogP contribution < -0.4 is 5.32 Å². The fourth-order valence-electron chi connectivity index (χ4n) is 2.29. The molecule has 0 saturated heterocycles. The van der Waals surface area contributed by atoms with Crippen LogP contribution in [0.3, 0.4) is 0 Å². The monoisotopic (exact) mass is 327 g/mol. The average Bonchev–Trinajstić information content (AvgIpc) is 2.58. The van der Waals surface area contributed by atoms with Gasteiger partial charge in [-0.25, -0.2) is 14.4 Å². The Morgan fingerprint density at radius 2 is 1.74 bits per heavy atom. The summed E-state index contributed by atoms with van der Waals surface area (Å²) >= 11 is 0. The fraction of sp³-hybridized carbons (Fsp3) is 0.688. The van der Waals surface area contributed by atoms with E-state index < -0.39 is 18.0 Å². The molecule has 1 aliphatic carbocycles. The lowest BCUT2D eigenvalue weighted by Gasteiger charge is -2.21. The number of rotatable bonds is 8. The predicted molar refractivity (Wildman–Crippen MR) is 82.7 cm³/mol. The van der Waals surface area contributed by atoms with E-state index in [-0.39, 0.29) is 6.61 Å². The van der Waals surface area contributed by atoms with E-state index in [1.165, 1.54) is 26.4 Å². The number of carbonyl (C=O) groups is 3. The summed E-state index contributed by atoms with van der Waals surface area (Å²) in [6.07, 6.45) is 7.97. The number of amides is 1. The molecule has 1 saturated carbocycles. The molecule has 0 bridgehead atoms. The lowest BCUT2D eigenvalue weighted by Crippen LogP contribution is -2.28. The maximum Gasteiger partial charge on any atom is 0.407 e. The van der Waals surface area contributed by atoms with Crippen molar-refractivity contribution in [1.82, 2.24) is 5.32 Å². The molecule has 23 heavy (non-hydrogen) atoms. The molecule has 0 atom stereocenters. The molecule has 1 fully saturated rings. The number of alkyl carbamates (subject to hydrolysis) is 1. The third kappa shape index (κ3) is 9.55. The van der Waals surface area contributed by atoms with Gasteiger partial charge >= 0.3 is 18.0 Å². The Labute approximate surface area is 136 Å². The van der Waals surface area contributed by atoms with Gasteiger partial charge in [0.15, 0.2) is 0 Å². The minimum absolute atomic E-state index is 0.146. The molecule has 0 radical (unpaired) electrons. The highest BCUT2D eigenvalue weighted by Gasteiger charge is 2.15. The van der Waals surface area contributed by atoms with Gasteiger partial charge in [0.2, 0.25) is 0 Å². The molecule has 7 heteroatoms. The summed E-state index contributed by atoms with van der Waals surface area (Å²) in [5.74, 6) is -0.767. The zero-order chi connectivity index (χ0) is 16.9. The summed E-state index contributed by atoms with van der Waals surface area (Å²) in [7, 11) is 1.22. The standard InChI is InChI=1S/C16H25NO6/c1-21-14(18)8-9-15(19)22-11-5-10-17-16(20)23-12-13-6-3-2-4-7-13/h8-9,13H,2-7,10-12H2,1H3,(H,17,20)/b9-8+. The lowest BCUT2D eigenvalue weighted by atomic mass is 9.90. The molecule has 0 spiro atoms. The molecule has 7 nitrogen and oxygen atoms in total. The van der Waals surface area contributed by atoms with Gasteiger partial charge in [-0.2, -0.15) is 0 Å². The van der Waals surface area contributed by atoms with Crippen molar-refractivity contribution in [2.24, 2.45) is 5.92 Å². The van der Waals surface area contributed by atoms with Crippen molar-refractivity contribution in [2.45, 2.75) is 38.5 Å². The van der Waals surface area contributed by atoms with E-state index in [0.717, 1.165) is 25.0 Å². The molecule has 0 aromatic heterocycles.